The van der Waals surface area contributed by atoms with Gasteiger partial charge >= 0.3 is 0 Å². The molecule has 0 saturated carbocycles. The highest BCUT2D eigenvalue weighted by Gasteiger charge is 2.21. The molecule has 0 aliphatic carbocycles. The number of methoxy groups -OCH3 is 1. The van der Waals surface area contributed by atoms with E-state index in [4.69, 9.17) is 4.74 Å². The number of nitrogens with one attached hydrogen (secondary N) is 1. The summed E-state index contributed by atoms with van der Waals surface area (Å²) in [5.41, 5.74) is 4.40. The molecule has 2 aromatic carbocycles. The summed E-state index contributed by atoms with van der Waals surface area (Å²) in [6.45, 7) is 2.17. The van der Waals surface area contributed by atoms with Gasteiger partial charge in [0.05, 0.1) is 12.7 Å². The first-order chi connectivity index (χ1) is 14.2. The Balaban J connectivity index is 1.32. The highest BCUT2D eigenvalue weighted by Crippen LogP contribution is 2.20. The van der Waals surface area contributed by atoms with Crippen molar-refractivity contribution in [3.8, 4) is 5.75 Å². The smallest absolute Gasteiger partial charge is 0.255 e. The van der Waals surface area contributed by atoms with Crippen molar-refractivity contribution in [1.82, 2.24) is 9.88 Å². The zero-order chi connectivity index (χ0) is 20.1. The van der Waals surface area contributed by atoms with Crippen LogP contribution < -0.4 is 10.1 Å². The van der Waals surface area contributed by atoms with Gasteiger partial charge in [-0.2, -0.15) is 0 Å². The fourth-order valence-corrected chi connectivity index (χ4v) is 3.64. The summed E-state index contributed by atoms with van der Waals surface area (Å²) in [7, 11) is 1.67. The predicted molar refractivity (Wildman–Crippen MR) is 114 cm³/mol. The van der Waals surface area contributed by atoms with Gasteiger partial charge in [-0.05, 0) is 53.8 Å². The van der Waals surface area contributed by atoms with Gasteiger partial charge in [-0.1, -0.05) is 36.4 Å². The molecule has 1 aliphatic heterocycles. The topological polar surface area (TPSA) is 54.5 Å². The molecule has 1 aromatic heterocycles. The van der Waals surface area contributed by atoms with Crippen molar-refractivity contribution in [1.29, 1.82) is 0 Å². The lowest BCUT2D eigenvalue weighted by molar-refractivity contribution is 0.0734. The summed E-state index contributed by atoms with van der Waals surface area (Å²) >= 11 is 0. The lowest BCUT2D eigenvalue weighted by Gasteiger charge is -2.28. The lowest BCUT2D eigenvalue weighted by atomic mass is 9.99. The Bertz CT molecular complexity index is 985. The van der Waals surface area contributed by atoms with Crippen LogP contribution in [0, 0.1) is 0 Å². The number of hydrogen-bond acceptors (Lipinski definition) is 4. The second kappa shape index (κ2) is 8.78. The van der Waals surface area contributed by atoms with Crippen LogP contribution in [-0.2, 0) is 19.4 Å². The van der Waals surface area contributed by atoms with Crippen LogP contribution in [0.1, 0.15) is 27.0 Å². The molecule has 148 valence electrons. The average molecular weight is 387 g/mol. The van der Waals surface area contributed by atoms with Crippen LogP contribution >= 0.6 is 0 Å². The molecule has 5 heteroatoms. The number of ether oxygens (including phenoxy) is 1. The minimum absolute atomic E-state index is 0.0370. The van der Waals surface area contributed by atoms with Crippen LogP contribution in [-0.4, -0.2) is 36.0 Å². The number of hydrogen-bond donors (Lipinski definition) is 1. The number of carbonyl (C=O) groups excluding carboxylic acids is 1. The molecule has 5 nitrogen and oxygen atoms in total. The SMILES string of the molecule is COc1cccc(CCNc2ccc(C(=O)N3CCc4ccccc4C3)cn2)c1. The molecule has 0 radical (unpaired) electrons. The minimum Gasteiger partial charge on any atom is -0.497 e. The van der Waals surface area contributed by atoms with Gasteiger partial charge in [0.15, 0.2) is 0 Å². The molecule has 2 heterocycles. The summed E-state index contributed by atoms with van der Waals surface area (Å²) < 4.78 is 5.26. The van der Waals surface area contributed by atoms with Gasteiger partial charge in [0.2, 0.25) is 0 Å². The Labute approximate surface area is 171 Å². The molecule has 0 unspecified atom stereocenters. The van der Waals surface area contributed by atoms with Crippen LogP contribution in [0.2, 0.25) is 0 Å². The number of amides is 1. The van der Waals surface area contributed by atoms with E-state index in [2.05, 4.69) is 34.6 Å². The second-order valence-corrected chi connectivity index (χ2v) is 7.21. The van der Waals surface area contributed by atoms with Crippen LogP contribution in [0.4, 0.5) is 5.82 Å². The molecular weight excluding hydrogens is 362 g/mol. The number of pyridine rings is 1. The number of carbonyl (C=O) groups is 1. The monoisotopic (exact) mass is 387 g/mol. The van der Waals surface area contributed by atoms with E-state index in [-0.39, 0.29) is 5.91 Å². The number of aromatic nitrogens is 1. The summed E-state index contributed by atoms with van der Waals surface area (Å²) in [6.07, 6.45) is 3.43. The van der Waals surface area contributed by atoms with Crippen molar-refractivity contribution >= 4 is 11.7 Å². The van der Waals surface area contributed by atoms with Crippen LogP contribution in [0.5, 0.6) is 5.75 Å². The number of benzene rings is 2. The largest absolute Gasteiger partial charge is 0.497 e. The second-order valence-electron chi connectivity index (χ2n) is 7.21. The van der Waals surface area contributed by atoms with E-state index in [1.807, 2.05) is 41.3 Å². The molecular formula is C24H25N3O2. The molecule has 1 aliphatic rings. The van der Waals surface area contributed by atoms with Gasteiger partial charge in [0, 0.05) is 25.8 Å². The van der Waals surface area contributed by atoms with Crippen molar-refractivity contribution < 1.29 is 9.53 Å². The first-order valence-corrected chi connectivity index (χ1v) is 9.92. The van der Waals surface area contributed by atoms with Crippen molar-refractivity contribution in [3.63, 3.8) is 0 Å². The van der Waals surface area contributed by atoms with Crippen molar-refractivity contribution in [3.05, 3.63) is 89.1 Å². The van der Waals surface area contributed by atoms with Crippen molar-refractivity contribution in [2.45, 2.75) is 19.4 Å². The molecule has 29 heavy (non-hydrogen) atoms. The third kappa shape index (κ3) is 4.57. The van der Waals surface area contributed by atoms with E-state index >= 15 is 0 Å². The summed E-state index contributed by atoms with van der Waals surface area (Å²) in [5, 5.41) is 3.31. The van der Waals surface area contributed by atoms with E-state index in [0.29, 0.717) is 12.1 Å². The van der Waals surface area contributed by atoms with E-state index < -0.39 is 0 Å². The Hall–Kier alpha value is -3.34. The van der Waals surface area contributed by atoms with E-state index in [0.717, 1.165) is 37.5 Å². The van der Waals surface area contributed by atoms with E-state index in [9.17, 15) is 4.79 Å². The van der Waals surface area contributed by atoms with Gasteiger partial charge in [-0.15, -0.1) is 0 Å². The average Bonchev–Trinajstić information content (AvgIpc) is 2.79. The normalized spacial score (nSPS) is 12.9. The van der Waals surface area contributed by atoms with Gasteiger partial charge in [0.25, 0.3) is 5.91 Å². The highest BCUT2D eigenvalue weighted by atomic mass is 16.5. The molecule has 0 atom stereocenters. The molecule has 1 amide bonds. The first kappa shape index (κ1) is 19.0. The van der Waals surface area contributed by atoms with Crippen molar-refractivity contribution in [2.75, 3.05) is 25.5 Å². The maximum Gasteiger partial charge on any atom is 0.255 e. The fraction of sp³-hybridized carbons (Fsp3) is 0.250. The molecule has 4 rings (SSSR count). The molecule has 0 bridgehead atoms. The maximum absolute atomic E-state index is 12.8. The Morgan fingerprint density at radius 1 is 1.10 bits per heavy atom. The lowest BCUT2D eigenvalue weighted by Crippen LogP contribution is -2.36. The zero-order valence-corrected chi connectivity index (χ0v) is 16.6. The van der Waals surface area contributed by atoms with Crippen LogP contribution in [0.3, 0.4) is 0 Å². The summed E-state index contributed by atoms with van der Waals surface area (Å²) in [6, 6.07) is 20.1. The standard InChI is InChI=1S/C24H25N3O2/c1-29-22-8-4-5-18(15-22)11-13-25-23-10-9-20(16-26-23)24(28)27-14-12-19-6-2-3-7-21(19)17-27/h2-10,15-16H,11-14,17H2,1H3,(H,25,26). The zero-order valence-electron chi connectivity index (χ0n) is 16.6. The van der Waals surface area contributed by atoms with Gasteiger partial charge in [0.1, 0.15) is 11.6 Å². The third-order valence-electron chi connectivity index (χ3n) is 5.28. The Kier molecular flexibility index (Phi) is 5.75. The molecule has 0 spiro atoms. The molecule has 0 fully saturated rings. The quantitative estimate of drug-likeness (QED) is 0.696. The minimum atomic E-state index is 0.0370. The Morgan fingerprint density at radius 3 is 2.76 bits per heavy atom. The first-order valence-electron chi connectivity index (χ1n) is 9.92. The number of anilines is 1. The van der Waals surface area contributed by atoms with Crippen LogP contribution in [0.25, 0.3) is 0 Å². The third-order valence-corrected chi connectivity index (χ3v) is 5.28. The Morgan fingerprint density at radius 2 is 1.97 bits per heavy atom. The number of nitrogens with zero attached hydrogens (tertiary/aromatic N) is 2. The summed E-state index contributed by atoms with van der Waals surface area (Å²) in [5.74, 6) is 1.67. The van der Waals surface area contributed by atoms with Crippen LogP contribution in [0.15, 0.2) is 66.9 Å². The van der Waals surface area contributed by atoms with Crippen molar-refractivity contribution in [2.24, 2.45) is 0 Å². The fourth-order valence-electron chi connectivity index (χ4n) is 3.64. The maximum atomic E-state index is 12.8. The van der Waals surface area contributed by atoms with E-state index in [1.165, 1.54) is 16.7 Å². The van der Waals surface area contributed by atoms with Gasteiger partial charge in [-0.25, -0.2) is 4.98 Å². The molecule has 1 N–H and O–H groups in total. The molecule has 3 aromatic rings. The van der Waals surface area contributed by atoms with E-state index in [1.54, 1.807) is 13.3 Å². The predicted octanol–water partition coefficient (Wildman–Crippen LogP) is 3.94. The van der Waals surface area contributed by atoms with Gasteiger partial charge < -0.3 is 15.0 Å². The summed E-state index contributed by atoms with van der Waals surface area (Å²) in [4.78, 5) is 19.2. The van der Waals surface area contributed by atoms with Gasteiger partial charge in [-0.3, -0.25) is 4.79 Å². The number of rotatable bonds is 6. The highest BCUT2D eigenvalue weighted by molar-refractivity contribution is 5.94. The molecule has 0 saturated heterocycles. The number of fused-ring (bicyclic) bond motifs is 1.